The molecule has 20 N–H and O–H groups in total. The van der Waals surface area contributed by atoms with Crippen LogP contribution < -0.4 is 65.9 Å². The van der Waals surface area contributed by atoms with E-state index in [0.29, 0.717) is 0 Å². The average molecular weight is 971 g/mol. The molecule has 0 aliphatic carbocycles. The number of thiol groups is 2. The van der Waals surface area contributed by atoms with E-state index in [2.05, 4.69) is 72.5 Å². The van der Waals surface area contributed by atoms with E-state index in [1.807, 2.05) is 0 Å². The van der Waals surface area contributed by atoms with Crippen molar-refractivity contribution in [2.24, 2.45) is 44.6 Å². The van der Waals surface area contributed by atoms with Crippen LogP contribution in [0.2, 0.25) is 0 Å². The van der Waals surface area contributed by atoms with Gasteiger partial charge in [-0.3, -0.25) is 43.5 Å². The van der Waals surface area contributed by atoms with Crippen LogP contribution >= 0.6 is 25.3 Å². The Bertz CT molecular complexity index is 1840. The van der Waals surface area contributed by atoms with Gasteiger partial charge in [-0.1, -0.05) is 44.2 Å². The highest BCUT2D eigenvalue weighted by molar-refractivity contribution is 7.80. The first-order valence-electron chi connectivity index (χ1n) is 20.8. The summed E-state index contributed by atoms with van der Waals surface area (Å²) in [6.07, 6.45) is -1.31. The van der Waals surface area contributed by atoms with Crippen LogP contribution in [0.3, 0.4) is 0 Å². The fourth-order valence-electron chi connectivity index (χ4n) is 5.87. The molecule has 1 aromatic carbocycles. The van der Waals surface area contributed by atoms with Crippen molar-refractivity contribution < 1.29 is 53.7 Å². The van der Waals surface area contributed by atoms with Crippen LogP contribution in [0.5, 0.6) is 0 Å². The molecule has 1 aromatic rings. The molecule has 1 rings (SSSR count). The number of hydrogen-bond acceptors (Lipinski definition) is 15. The smallest absolute Gasteiger partial charge is 0.327 e. The summed E-state index contributed by atoms with van der Waals surface area (Å²) >= 11 is 8.09. The second-order valence-corrected chi connectivity index (χ2v) is 16.1. The number of nitrogens with one attached hydrogen (secondary N) is 7. The number of aliphatic carboxylic acids is 1. The van der Waals surface area contributed by atoms with Gasteiger partial charge in [0.05, 0.1) is 18.8 Å². The molecule has 0 heterocycles. The van der Waals surface area contributed by atoms with Crippen LogP contribution in [-0.2, 0) is 44.8 Å². The quantitative estimate of drug-likeness (QED) is 0.0148. The SMILES string of the molecule is CC(C)[C@H](NC(=O)[C@H](CO)NC(=O)[C@H](CCCN=C(N)N)NC(=O)[C@H](CS)NC(=O)[C@@H](NC(=O)[C@H](CCCN=C(N)N)NC(=O)[C@@H](N)Cc1ccccc1)[C@@H](C)O)C(=O)N[C@@H](CS)C(=O)O. The minimum atomic E-state index is -1.70. The molecule has 0 fully saturated rings. The molecule has 0 aliphatic rings. The lowest BCUT2D eigenvalue weighted by Gasteiger charge is -2.28. The summed E-state index contributed by atoms with van der Waals surface area (Å²) in [6.45, 7) is 3.42. The molecular formula is C39H66N14O11S2. The van der Waals surface area contributed by atoms with Gasteiger partial charge in [0.15, 0.2) is 11.9 Å². The highest BCUT2D eigenvalue weighted by Crippen LogP contribution is 2.08. The maximum Gasteiger partial charge on any atom is 0.327 e. The molecular weight excluding hydrogens is 905 g/mol. The molecule has 9 atom stereocenters. The number of aliphatic hydroxyl groups is 2. The Kier molecular flexibility index (Phi) is 26.7. The van der Waals surface area contributed by atoms with E-state index < -0.39 is 114 Å². The van der Waals surface area contributed by atoms with Crippen molar-refractivity contribution in [3.8, 4) is 0 Å². The van der Waals surface area contributed by atoms with Crippen molar-refractivity contribution in [3.63, 3.8) is 0 Å². The summed E-state index contributed by atoms with van der Waals surface area (Å²) in [4.78, 5) is 113. The largest absolute Gasteiger partial charge is 0.480 e. The molecule has 27 heteroatoms. The number of carboxylic acid groups (broad SMARTS) is 1. The zero-order valence-electron chi connectivity index (χ0n) is 37.0. The van der Waals surface area contributed by atoms with Crippen molar-refractivity contribution in [1.82, 2.24) is 37.2 Å². The van der Waals surface area contributed by atoms with Gasteiger partial charge in [0.25, 0.3) is 0 Å². The van der Waals surface area contributed by atoms with Crippen LogP contribution in [0.1, 0.15) is 52.0 Å². The zero-order valence-corrected chi connectivity index (χ0v) is 38.8. The Labute approximate surface area is 393 Å². The Morgan fingerprint density at radius 1 is 0.591 bits per heavy atom. The third kappa shape index (κ3) is 21.4. The van der Waals surface area contributed by atoms with Gasteiger partial charge in [-0.05, 0) is 50.5 Å². The predicted molar refractivity (Wildman–Crippen MR) is 250 cm³/mol. The topological polar surface area (TPSA) is 436 Å². The molecule has 0 saturated heterocycles. The molecule has 0 aromatic heterocycles. The van der Waals surface area contributed by atoms with E-state index in [9.17, 15) is 53.7 Å². The number of aliphatic imine (C=N–C) groups is 2. The predicted octanol–water partition coefficient (Wildman–Crippen LogP) is -5.97. The number of rotatable bonds is 30. The lowest BCUT2D eigenvalue weighted by atomic mass is 10.0. The lowest BCUT2D eigenvalue weighted by Crippen LogP contribution is -2.62. The molecule has 7 amide bonds. The second-order valence-electron chi connectivity index (χ2n) is 15.3. The molecule has 0 spiro atoms. The molecule has 0 saturated carbocycles. The highest BCUT2D eigenvalue weighted by Gasteiger charge is 2.35. The molecule has 66 heavy (non-hydrogen) atoms. The second kappa shape index (κ2) is 30.3. The summed E-state index contributed by atoms with van der Waals surface area (Å²) < 4.78 is 0. The number of nitrogens with two attached hydrogens (primary N) is 5. The zero-order chi connectivity index (χ0) is 50.1. The van der Waals surface area contributed by atoms with Crippen molar-refractivity contribution in [1.29, 1.82) is 0 Å². The van der Waals surface area contributed by atoms with Gasteiger partial charge in [0.2, 0.25) is 41.4 Å². The maximum atomic E-state index is 13.7. The Morgan fingerprint density at radius 3 is 1.45 bits per heavy atom. The fourth-order valence-corrected chi connectivity index (χ4v) is 6.38. The van der Waals surface area contributed by atoms with Gasteiger partial charge >= 0.3 is 5.97 Å². The lowest BCUT2D eigenvalue weighted by molar-refractivity contribution is -0.142. The summed E-state index contributed by atoms with van der Waals surface area (Å²) in [5.74, 6) is -9.54. The number of carbonyl (C=O) groups is 8. The molecule has 25 nitrogen and oxygen atoms in total. The highest BCUT2D eigenvalue weighted by atomic mass is 32.1. The summed E-state index contributed by atoms with van der Waals surface area (Å²) in [6, 6.07) is -2.50. The Balaban J connectivity index is 3.26. The standard InChI is InChI=1S/C39H66N14O11S2/c1-19(2)28(35(61)51-27(18-66)37(63)64)52-33(59)25(16-54)49-31(57)23(11-7-13-45-38(41)42)48-34(60)26(17-65)50-36(62)29(20(3)55)53-32(58)24(12-8-14-46-39(43)44)47-30(56)22(40)15-21-9-5-4-6-10-21/h4-6,9-10,19-20,22-29,54-55,65-66H,7-8,11-18,40H2,1-3H3,(H,47,56)(H,48,60)(H,49,57)(H,50,62)(H,51,61)(H,52,59)(H,53,58)(H,63,64)(H4,41,42,45)(H4,43,44,46)/t20-,22+,23+,24+,25+,26+,27+,28+,29+/m1/s1. The molecule has 370 valence electrons. The molecule has 0 radical (unpaired) electrons. The summed E-state index contributed by atoms with van der Waals surface area (Å²) in [5, 5.41) is 46.8. The summed E-state index contributed by atoms with van der Waals surface area (Å²) in [7, 11) is 0. The first-order chi connectivity index (χ1) is 31.1. The average Bonchev–Trinajstić information content (AvgIpc) is 3.25. The van der Waals surface area contributed by atoms with Gasteiger partial charge in [-0.15, -0.1) is 0 Å². The van der Waals surface area contributed by atoms with Crippen molar-refractivity contribution >= 4 is 84.5 Å². The monoisotopic (exact) mass is 970 g/mol. The van der Waals surface area contributed by atoms with Crippen LogP contribution in [0.25, 0.3) is 0 Å². The number of guanidine groups is 2. The van der Waals surface area contributed by atoms with Gasteiger partial charge in [0.1, 0.15) is 42.3 Å². The maximum absolute atomic E-state index is 13.7. The van der Waals surface area contributed by atoms with Crippen LogP contribution in [-0.4, -0.2) is 160 Å². The van der Waals surface area contributed by atoms with E-state index in [1.165, 1.54) is 6.92 Å². The van der Waals surface area contributed by atoms with Crippen LogP contribution in [0.4, 0.5) is 0 Å². The Morgan fingerprint density at radius 2 is 1.00 bits per heavy atom. The number of amides is 7. The number of hydrogen-bond donors (Lipinski definition) is 17. The number of aliphatic hydroxyl groups excluding tert-OH is 2. The first-order valence-corrected chi connectivity index (χ1v) is 22.1. The third-order valence-corrected chi connectivity index (χ3v) is 10.3. The van der Waals surface area contributed by atoms with E-state index in [-0.39, 0.29) is 68.6 Å². The van der Waals surface area contributed by atoms with E-state index in [4.69, 9.17) is 28.7 Å². The minimum Gasteiger partial charge on any atom is -0.480 e. The van der Waals surface area contributed by atoms with Gasteiger partial charge < -0.3 is 81.2 Å². The van der Waals surface area contributed by atoms with Crippen LogP contribution in [0, 0.1) is 5.92 Å². The number of nitrogens with zero attached hydrogens (tertiary/aromatic N) is 2. The minimum absolute atomic E-state index is 0.00208. The Hall–Kier alpha value is -5.90. The van der Waals surface area contributed by atoms with E-state index in [0.717, 1.165) is 5.56 Å². The van der Waals surface area contributed by atoms with E-state index >= 15 is 0 Å². The van der Waals surface area contributed by atoms with Crippen molar-refractivity contribution in [3.05, 3.63) is 35.9 Å². The molecule has 0 bridgehead atoms. The van der Waals surface area contributed by atoms with Crippen molar-refractivity contribution in [2.45, 2.75) is 107 Å². The van der Waals surface area contributed by atoms with E-state index in [1.54, 1.807) is 44.2 Å². The van der Waals surface area contributed by atoms with Gasteiger partial charge in [-0.2, -0.15) is 25.3 Å². The van der Waals surface area contributed by atoms with Crippen molar-refractivity contribution in [2.75, 3.05) is 31.2 Å². The third-order valence-electron chi connectivity index (χ3n) is 9.53. The summed E-state index contributed by atoms with van der Waals surface area (Å²) in [5.41, 5.74) is 28.5. The number of carboxylic acids is 1. The molecule has 0 unspecified atom stereocenters. The number of benzene rings is 1. The van der Waals surface area contributed by atoms with Crippen LogP contribution in [0.15, 0.2) is 40.3 Å². The van der Waals surface area contributed by atoms with Gasteiger partial charge in [0, 0.05) is 24.6 Å². The first kappa shape index (κ1) is 58.1. The fraction of sp³-hybridized carbons (Fsp3) is 0.590. The van der Waals surface area contributed by atoms with Gasteiger partial charge in [-0.25, -0.2) is 4.79 Å². The molecule has 0 aliphatic heterocycles. The normalized spacial score (nSPS) is 15.0. The number of carbonyl (C=O) groups excluding carboxylic acids is 7.